The van der Waals surface area contributed by atoms with Crippen molar-refractivity contribution >= 4 is 11.6 Å². The minimum atomic E-state index is -0.820. The van der Waals surface area contributed by atoms with Gasteiger partial charge in [0.1, 0.15) is 0 Å². The summed E-state index contributed by atoms with van der Waals surface area (Å²) in [6.07, 6.45) is 3.47. The molecule has 4 aliphatic heterocycles. The molecule has 1 aromatic carbocycles. The maximum Gasteiger partial charge on any atom is 0.224 e. The van der Waals surface area contributed by atoms with Gasteiger partial charge in [-0.25, -0.2) is 0 Å². The molecular weight excluding hydrogens is 328 g/mol. The molecule has 0 aromatic heterocycles. The quantitative estimate of drug-likeness (QED) is 0.722. The summed E-state index contributed by atoms with van der Waals surface area (Å²) in [6.45, 7) is 4.18. The molecule has 1 aromatic rings. The average molecular weight is 352 g/mol. The maximum absolute atomic E-state index is 12.8. The van der Waals surface area contributed by atoms with Crippen molar-refractivity contribution in [3.8, 4) is 0 Å². The number of piperidine rings is 1. The molecule has 5 heteroatoms. The van der Waals surface area contributed by atoms with E-state index in [1.54, 1.807) is 6.92 Å². The van der Waals surface area contributed by atoms with Gasteiger partial charge in [0.15, 0.2) is 6.29 Å². The Hall–Kier alpha value is -1.69. The molecule has 1 spiro atoms. The molecule has 1 aliphatic carbocycles. The van der Waals surface area contributed by atoms with Gasteiger partial charge in [-0.05, 0) is 36.9 Å². The van der Waals surface area contributed by atoms with Gasteiger partial charge in [-0.2, -0.15) is 0 Å². The molecule has 5 aliphatic rings. The number of hydrogen-bond acceptors (Lipinski definition) is 4. The van der Waals surface area contributed by atoms with Gasteiger partial charge in [0, 0.05) is 36.5 Å². The lowest BCUT2D eigenvalue weighted by atomic mass is 9.55. The van der Waals surface area contributed by atoms with E-state index in [1.807, 2.05) is 11.0 Å². The predicted octanol–water partition coefficient (Wildman–Crippen LogP) is 1.66. The fourth-order valence-corrected chi connectivity index (χ4v) is 6.99. The molecule has 1 saturated carbocycles. The molecule has 1 N–H and O–H groups in total. The van der Waals surface area contributed by atoms with E-state index in [9.17, 15) is 9.90 Å². The Bertz CT molecular complexity index is 836. The second-order valence-electron chi connectivity index (χ2n) is 8.55. The Balaban J connectivity index is 1.64. The number of para-hydroxylation sites is 1. The molecule has 6 atom stereocenters. The standard InChI is InChI=1S/C21H24N2O3/c1-12(24)23-16-5-3-2-4-15(16)21-7-8-22-11-13-6-9-26-20(25)18(19(21)23)14(13)10-17(21)22/h2-6,14,17-20,25H,7-11H2,1H3/t14-,17+,18+,19-,20+,21+/m1/s1. The molecule has 2 bridgehead atoms. The van der Waals surface area contributed by atoms with Gasteiger partial charge in [0.05, 0.1) is 12.6 Å². The molecule has 0 radical (unpaired) electrons. The number of carbonyl (C=O) groups excluding carboxylic acids is 1. The molecule has 136 valence electrons. The lowest BCUT2D eigenvalue weighted by Crippen LogP contribution is -2.66. The summed E-state index contributed by atoms with van der Waals surface area (Å²) in [5.74, 6) is 0.317. The first-order chi connectivity index (χ1) is 12.6. The van der Waals surface area contributed by atoms with Crippen molar-refractivity contribution in [2.24, 2.45) is 11.8 Å². The van der Waals surface area contributed by atoms with Crippen LogP contribution in [0.25, 0.3) is 0 Å². The highest BCUT2D eigenvalue weighted by Gasteiger charge is 2.69. The minimum absolute atomic E-state index is 0.0250. The number of hydrogen-bond donors (Lipinski definition) is 1. The van der Waals surface area contributed by atoms with Crippen molar-refractivity contribution in [1.82, 2.24) is 4.90 Å². The van der Waals surface area contributed by atoms with Crippen LogP contribution >= 0.6 is 0 Å². The third-order valence-corrected chi connectivity index (χ3v) is 7.77. The Morgan fingerprint density at radius 1 is 1.35 bits per heavy atom. The predicted molar refractivity (Wildman–Crippen MR) is 96.7 cm³/mol. The summed E-state index contributed by atoms with van der Waals surface area (Å²) >= 11 is 0. The normalized spacial score (nSPS) is 42.8. The highest BCUT2D eigenvalue weighted by Crippen LogP contribution is 2.64. The van der Waals surface area contributed by atoms with Crippen LogP contribution < -0.4 is 4.90 Å². The average Bonchev–Trinajstić information content (AvgIpc) is 3.10. The highest BCUT2D eigenvalue weighted by molar-refractivity contribution is 5.96. The van der Waals surface area contributed by atoms with Gasteiger partial charge in [-0.3, -0.25) is 9.69 Å². The summed E-state index contributed by atoms with van der Waals surface area (Å²) in [6, 6.07) is 8.83. The number of benzene rings is 1. The number of aliphatic hydroxyl groups is 1. The van der Waals surface area contributed by atoms with Crippen molar-refractivity contribution in [3.63, 3.8) is 0 Å². The van der Waals surface area contributed by atoms with Gasteiger partial charge in [0.25, 0.3) is 0 Å². The summed E-state index contributed by atoms with van der Waals surface area (Å²) in [4.78, 5) is 17.4. The van der Waals surface area contributed by atoms with Crippen LogP contribution in [0.15, 0.2) is 35.9 Å². The first-order valence-corrected chi connectivity index (χ1v) is 9.75. The fourth-order valence-electron chi connectivity index (χ4n) is 6.99. The highest BCUT2D eigenvalue weighted by atomic mass is 16.6. The summed E-state index contributed by atoms with van der Waals surface area (Å²) in [5.41, 5.74) is 3.66. The summed E-state index contributed by atoms with van der Waals surface area (Å²) in [7, 11) is 0. The zero-order valence-electron chi connectivity index (χ0n) is 15.0. The topological polar surface area (TPSA) is 53.0 Å². The minimum Gasteiger partial charge on any atom is -0.368 e. The van der Waals surface area contributed by atoms with Crippen molar-refractivity contribution in [2.45, 2.75) is 43.6 Å². The van der Waals surface area contributed by atoms with Gasteiger partial charge in [-0.15, -0.1) is 0 Å². The van der Waals surface area contributed by atoms with Crippen molar-refractivity contribution in [3.05, 3.63) is 41.5 Å². The van der Waals surface area contributed by atoms with E-state index >= 15 is 0 Å². The van der Waals surface area contributed by atoms with E-state index in [0.717, 1.165) is 31.6 Å². The maximum atomic E-state index is 12.8. The van der Waals surface area contributed by atoms with Gasteiger partial charge in [0.2, 0.25) is 5.91 Å². The Labute approximate surface area is 153 Å². The molecule has 3 fully saturated rings. The first-order valence-electron chi connectivity index (χ1n) is 9.75. The number of amides is 1. The van der Waals surface area contributed by atoms with Gasteiger partial charge in [-0.1, -0.05) is 29.8 Å². The zero-order valence-corrected chi connectivity index (χ0v) is 15.0. The van der Waals surface area contributed by atoms with Crippen molar-refractivity contribution < 1.29 is 14.6 Å². The molecule has 1 amide bonds. The van der Waals surface area contributed by atoms with Crippen LogP contribution in [-0.4, -0.2) is 54.0 Å². The van der Waals surface area contributed by atoms with E-state index in [1.165, 1.54) is 11.1 Å². The molecule has 0 unspecified atom stereocenters. The van der Waals surface area contributed by atoms with Crippen LogP contribution in [0.5, 0.6) is 0 Å². The number of fused-ring (bicyclic) bond motifs is 2. The van der Waals surface area contributed by atoms with Crippen molar-refractivity contribution in [2.75, 3.05) is 24.6 Å². The molecule has 6 rings (SSSR count). The molecular formula is C21H24N2O3. The third-order valence-electron chi connectivity index (χ3n) is 7.77. The molecule has 4 heterocycles. The third kappa shape index (κ3) is 1.61. The van der Waals surface area contributed by atoms with E-state index < -0.39 is 6.29 Å². The van der Waals surface area contributed by atoms with Crippen LogP contribution in [0.2, 0.25) is 0 Å². The lowest BCUT2D eigenvalue weighted by Gasteiger charge is -2.56. The SMILES string of the molecule is CC(=O)N1c2ccccc2[C@@]23CCN4CC5=CCO[C@H](O)[C@@H]([C@@H]5C[C@H]42)[C@@H]13. The Morgan fingerprint density at radius 3 is 3.04 bits per heavy atom. The lowest BCUT2D eigenvalue weighted by molar-refractivity contribution is -0.156. The van der Waals surface area contributed by atoms with Gasteiger partial charge < -0.3 is 14.7 Å². The monoisotopic (exact) mass is 352 g/mol. The summed E-state index contributed by atoms with van der Waals surface area (Å²) in [5, 5.41) is 11.0. The summed E-state index contributed by atoms with van der Waals surface area (Å²) < 4.78 is 5.78. The number of anilines is 1. The zero-order chi connectivity index (χ0) is 17.6. The Morgan fingerprint density at radius 2 is 2.19 bits per heavy atom. The van der Waals surface area contributed by atoms with Crippen LogP contribution in [0.4, 0.5) is 5.69 Å². The smallest absolute Gasteiger partial charge is 0.224 e. The van der Waals surface area contributed by atoms with E-state index in [0.29, 0.717) is 18.6 Å². The number of ether oxygens (including phenoxy) is 1. The van der Waals surface area contributed by atoms with Crippen LogP contribution in [0.1, 0.15) is 25.3 Å². The molecule has 26 heavy (non-hydrogen) atoms. The first kappa shape index (κ1) is 15.4. The van der Waals surface area contributed by atoms with Crippen molar-refractivity contribution in [1.29, 1.82) is 0 Å². The van der Waals surface area contributed by atoms with Gasteiger partial charge >= 0.3 is 0 Å². The second-order valence-corrected chi connectivity index (χ2v) is 8.55. The van der Waals surface area contributed by atoms with Crippen LogP contribution in [0.3, 0.4) is 0 Å². The molecule has 2 saturated heterocycles. The number of nitrogens with zero attached hydrogens (tertiary/aromatic N) is 2. The second kappa shape index (κ2) is 4.97. The van der Waals surface area contributed by atoms with E-state index in [2.05, 4.69) is 29.2 Å². The largest absolute Gasteiger partial charge is 0.368 e. The van der Waals surface area contributed by atoms with E-state index in [4.69, 9.17) is 4.74 Å². The Kier molecular flexibility index (Phi) is 2.94. The number of rotatable bonds is 0. The van der Waals surface area contributed by atoms with Crippen LogP contribution in [-0.2, 0) is 14.9 Å². The number of carbonyl (C=O) groups is 1. The number of aliphatic hydroxyl groups excluding tert-OH is 1. The molecule has 5 nitrogen and oxygen atoms in total. The van der Waals surface area contributed by atoms with Crippen LogP contribution in [0, 0.1) is 11.8 Å². The fraction of sp³-hybridized carbons (Fsp3) is 0.571. The van der Waals surface area contributed by atoms with E-state index in [-0.39, 0.29) is 23.3 Å².